The largest absolute Gasteiger partial charge is 0.393 e. The van der Waals surface area contributed by atoms with Crippen LogP contribution in [0.1, 0.15) is 51.9 Å². The molecule has 0 amide bonds. The van der Waals surface area contributed by atoms with Crippen LogP contribution in [-0.2, 0) is 0 Å². The third-order valence-electron chi connectivity index (χ3n) is 3.84. The molecule has 2 atom stereocenters. The van der Waals surface area contributed by atoms with Gasteiger partial charge in [-0.05, 0) is 49.9 Å². The quantitative estimate of drug-likeness (QED) is 0.684. The highest BCUT2D eigenvalue weighted by Crippen LogP contribution is 2.49. The fraction of sp³-hybridized carbons (Fsp3) is 1.00. The fourth-order valence-corrected chi connectivity index (χ4v) is 2.14. The first-order valence-electron chi connectivity index (χ1n) is 5.38. The summed E-state index contributed by atoms with van der Waals surface area (Å²) in [5, 5.41) is 9.35. The van der Waals surface area contributed by atoms with Crippen LogP contribution in [0.25, 0.3) is 0 Å². The van der Waals surface area contributed by atoms with Crippen molar-refractivity contribution in [2.24, 2.45) is 11.3 Å². The SMILES string of the molecule is CC1(CCCC2CCC2O)CC1. The van der Waals surface area contributed by atoms with E-state index in [1.165, 1.54) is 38.5 Å². The van der Waals surface area contributed by atoms with E-state index in [4.69, 9.17) is 0 Å². The van der Waals surface area contributed by atoms with E-state index in [1.54, 1.807) is 0 Å². The lowest BCUT2D eigenvalue weighted by atomic mass is 9.78. The van der Waals surface area contributed by atoms with Crippen molar-refractivity contribution in [3.8, 4) is 0 Å². The van der Waals surface area contributed by atoms with Crippen molar-refractivity contribution in [3.05, 3.63) is 0 Å². The molecule has 2 saturated carbocycles. The van der Waals surface area contributed by atoms with Gasteiger partial charge >= 0.3 is 0 Å². The molecule has 0 heterocycles. The second-order valence-corrected chi connectivity index (χ2v) is 5.11. The van der Waals surface area contributed by atoms with Gasteiger partial charge in [-0.15, -0.1) is 0 Å². The zero-order valence-corrected chi connectivity index (χ0v) is 8.05. The Morgan fingerprint density at radius 3 is 2.50 bits per heavy atom. The number of aliphatic hydroxyl groups excluding tert-OH is 1. The maximum absolute atomic E-state index is 9.35. The van der Waals surface area contributed by atoms with Crippen molar-refractivity contribution in [3.63, 3.8) is 0 Å². The van der Waals surface area contributed by atoms with E-state index in [0.717, 1.165) is 6.42 Å². The van der Waals surface area contributed by atoms with Crippen LogP contribution in [-0.4, -0.2) is 11.2 Å². The predicted molar refractivity (Wildman–Crippen MR) is 49.9 cm³/mol. The van der Waals surface area contributed by atoms with E-state index >= 15 is 0 Å². The molecule has 2 unspecified atom stereocenters. The van der Waals surface area contributed by atoms with Crippen molar-refractivity contribution >= 4 is 0 Å². The van der Waals surface area contributed by atoms with Gasteiger partial charge in [-0.1, -0.05) is 13.3 Å². The molecule has 2 aliphatic carbocycles. The number of aliphatic hydroxyl groups is 1. The summed E-state index contributed by atoms with van der Waals surface area (Å²) >= 11 is 0. The Labute approximate surface area is 75.2 Å². The Kier molecular flexibility index (Phi) is 2.16. The van der Waals surface area contributed by atoms with Crippen LogP contribution in [0.2, 0.25) is 0 Å². The molecule has 2 rings (SSSR count). The summed E-state index contributed by atoms with van der Waals surface area (Å²) in [6.45, 7) is 2.39. The zero-order valence-electron chi connectivity index (χ0n) is 8.05. The molecule has 70 valence electrons. The van der Waals surface area contributed by atoms with Crippen molar-refractivity contribution in [1.29, 1.82) is 0 Å². The normalized spacial score (nSPS) is 37.5. The van der Waals surface area contributed by atoms with E-state index in [-0.39, 0.29) is 6.10 Å². The molecule has 2 fully saturated rings. The van der Waals surface area contributed by atoms with Crippen LogP contribution in [0, 0.1) is 11.3 Å². The topological polar surface area (TPSA) is 20.2 Å². The van der Waals surface area contributed by atoms with E-state index in [9.17, 15) is 5.11 Å². The van der Waals surface area contributed by atoms with Crippen LogP contribution in [0.15, 0.2) is 0 Å². The summed E-state index contributed by atoms with van der Waals surface area (Å²) in [5.41, 5.74) is 0.717. The van der Waals surface area contributed by atoms with Gasteiger partial charge in [0.15, 0.2) is 0 Å². The summed E-state index contributed by atoms with van der Waals surface area (Å²) in [7, 11) is 0. The van der Waals surface area contributed by atoms with Crippen molar-refractivity contribution in [2.75, 3.05) is 0 Å². The van der Waals surface area contributed by atoms with Gasteiger partial charge in [-0.25, -0.2) is 0 Å². The first-order chi connectivity index (χ1) is 5.70. The summed E-state index contributed by atoms with van der Waals surface area (Å²) in [4.78, 5) is 0. The third-order valence-corrected chi connectivity index (χ3v) is 3.84. The molecule has 2 aliphatic rings. The Balaban J connectivity index is 1.56. The van der Waals surface area contributed by atoms with Gasteiger partial charge in [0, 0.05) is 0 Å². The zero-order chi connectivity index (χ0) is 8.60. The molecule has 0 aromatic heterocycles. The molecule has 0 spiro atoms. The van der Waals surface area contributed by atoms with Gasteiger partial charge in [-0.3, -0.25) is 0 Å². The van der Waals surface area contributed by atoms with Crippen molar-refractivity contribution < 1.29 is 5.11 Å². The van der Waals surface area contributed by atoms with Gasteiger partial charge in [-0.2, -0.15) is 0 Å². The Morgan fingerprint density at radius 1 is 1.33 bits per heavy atom. The smallest absolute Gasteiger partial charge is 0.0568 e. The van der Waals surface area contributed by atoms with E-state index in [2.05, 4.69) is 6.92 Å². The molecule has 0 saturated heterocycles. The van der Waals surface area contributed by atoms with Crippen LogP contribution >= 0.6 is 0 Å². The maximum Gasteiger partial charge on any atom is 0.0568 e. The first kappa shape index (κ1) is 8.55. The molecule has 0 radical (unpaired) electrons. The summed E-state index contributed by atoms with van der Waals surface area (Å²) in [5.74, 6) is 0.660. The molecule has 0 bridgehead atoms. The number of rotatable bonds is 4. The van der Waals surface area contributed by atoms with Crippen molar-refractivity contribution in [1.82, 2.24) is 0 Å². The lowest BCUT2D eigenvalue weighted by Crippen LogP contribution is -2.30. The van der Waals surface area contributed by atoms with E-state index in [0.29, 0.717) is 11.3 Å². The average molecular weight is 168 g/mol. The monoisotopic (exact) mass is 168 g/mol. The highest BCUT2D eigenvalue weighted by molar-refractivity contribution is 4.89. The second kappa shape index (κ2) is 3.02. The molecular formula is C11H20O. The Bertz CT molecular complexity index is 160. The Morgan fingerprint density at radius 2 is 2.08 bits per heavy atom. The van der Waals surface area contributed by atoms with Crippen LogP contribution in [0.5, 0.6) is 0 Å². The van der Waals surface area contributed by atoms with Gasteiger partial charge in [0.05, 0.1) is 6.10 Å². The van der Waals surface area contributed by atoms with Gasteiger partial charge in [0.25, 0.3) is 0 Å². The fourth-order valence-electron chi connectivity index (χ4n) is 2.14. The minimum Gasteiger partial charge on any atom is -0.393 e. The predicted octanol–water partition coefficient (Wildman–Crippen LogP) is 2.73. The van der Waals surface area contributed by atoms with E-state index in [1.807, 2.05) is 0 Å². The lowest BCUT2D eigenvalue weighted by Gasteiger charge is -2.32. The molecule has 0 aromatic rings. The first-order valence-corrected chi connectivity index (χ1v) is 5.38. The standard InChI is InChI=1S/C11H20O/c1-11(7-8-11)6-2-3-9-4-5-10(9)12/h9-10,12H,2-8H2,1H3. The van der Waals surface area contributed by atoms with Gasteiger partial charge in [0.2, 0.25) is 0 Å². The van der Waals surface area contributed by atoms with Gasteiger partial charge in [0.1, 0.15) is 0 Å². The second-order valence-electron chi connectivity index (χ2n) is 5.11. The molecule has 0 aliphatic heterocycles. The van der Waals surface area contributed by atoms with E-state index < -0.39 is 0 Å². The minimum atomic E-state index is 0.0528. The summed E-state index contributed by atoms with van der Waals surface area (Å²) < 4.78 is 0. The minimum absolute atomic E-state index is 0.0528. The highest BCUT2D eigenvalue weighted by Gasteiger charge is 2.37. The molecular weight excluding hydrogens is 148 g/mol. The molecule has 0 aromatic carbocycles. The van der Waals surface area contributed by atoms with Crippen LogP contribution in [0.4, 0.5) is 0 Å². The van der Waals surface area contributed by atoms with Crippen LogP contribution < -0.4 is 0 Å². The van der Waals surface area contributed by atoms with Gasteiger partial charge < -0.3 is 5.11 Å². The molecule has 1 N–H and O–H groups in total. The number of hydrogen-bond donors (Lipinski definition) is 1. The molecule has 1 nitrogen and oxygen atoms in total. The molecule has 1 heteroatoms. The maximum atomic E-state index is 9.35. The average Bonchev–Trinajstić information content (AvgIpc) is 2.75. The summed E-state index contributed by atoms with van der Waals surface area (Å²) in [6, 6.07) is 0. The Hall–Kier alpha value is -0.0400. The highest BCUT2D eigenvalue weighted by atomic mass is 16.3. The third kappa shape index (κ3) is 1.82. The van der Waals surface area contributed by atoms with Crippen LogP contribution in [0.3, 0.4) is 0 Å². The van der Waals surface area contributed by atoms with Crippen molar-refractivity contribution in [2.45, 2.75) is 58.0 Å². The number of hydrogen-bond acceptors (Lipinski definition) is 1. The molecule has 12 heavy (non-hydrogen) atoms. The lowest BCUT2D eigenvalue weighted by molar-refractivity contribution is 0.0175. The summed E-state index contributed by atoms with van der Waals surface area (Å²) in [6.07, 6.45) is 9.29.